The van der Waals surface area contributed by atoms with Crippen LogP contribution in [0.1, 0.15) is 30.5 Å². The van der Waals surface area contributed by atoms with Crippen LogP contribution < -0.4 is 25.0 Å². The molecule has 0 saturated heterocycles. The predicted molar refractivity (Wildman–Crippen MR) is 134 cm³/mol. The number of carbonyl (C=O) groups is 2. The van der Waals surface area contributed by atoms with Crippen LogP contribution in [-0.4, -0.2) is 67.9 Å². The minimum Gasteiger partial charge on any atom is -0.454 e. The van der Waals surface area contributed by atoms with E-state index in [1.807, 2.05) is 41.1 Å². The number of amides is 2. The van der Waals surface area contributed by atoms with Crippen LogP contribution in [0.4, 0.5) is 5.69 Å². The molecule has 2 aliphatic heterocycles. The summed E-state index contributed by atoms with van der Waals surface area (Å²) in [6.07, 6.45) is 0. The van der Waals surface area contributed by atoms with Gasteiger partial charge in [-0.05, 0) is 29.7 Å². The van der Waals surface area contributed by atoms with Crippen LogP contribution in [-0.2, 0) is 22.7 Å². The lowest BCUT2D eigenvalue weighted by molar-refractivity contribution is -0.145. The van der Waals surface area contributed by atoms with E-state index in [9.17, 15) is 9.59 Å². The van der Waals surface area contributed by atoms with Crippen molar-refractivity contribution in [3.8, 4) is 11.5 Å². The lowest BCUT2D eigenvalue weighted by Gasteiger charge is -2.32. The maximum Gasteiger partial charge on any atom is 0.256 e. The van der Waals surface area contributed by atoms with Crippen LogP contribution in [0.3, 0.4) is 0 Å². The average molecular weight is 482 g/mol. The highest BCUT2D eigenvalue weighted by molar-refractivity contribution is 5.87. The van der Waals surface area contributed by atoms with Gasteiger partial charge in [0.2, 0.25) is 12.7 Å². The van der Waals surface area contributed by atoms with Gasteiger partial charge in [-0.2, -0.15) is 0 Å². The van der Waals surface area contributed by atoms with E-state index in [1.54, 1.807) is 12.1 Å². The molecule has 0 unspecified atom stereocenters. The van der Waals surface area contributed by atoms with Crippen LogP contribution in [0.15, 0.2) is 36.4 Å². The summed E-state index contributed by atoms with van der Waals surface area (Å²) in [5.74, 6) is 1.06. The van der Waals surface area contributed by atoms with Gasteiger partial charge in [0, 0.05) is 51.0 Å². The highest BCUT2D eigenvalue weighted by atomic mass is 16.7. The Bertz CT molecular complexity index is 1050. The third kappa shape index (κ3) is 6.04. The van der Waals surface area contributed by atoms with Gasteiger partial charge < -0.3 is 25.0 Å². The number of hydrogen-bond acceptors (Lipinski definition) is 7. The second-order valence-electron chi connectivity index (χ2n) is 9.32. The van der Waals surface area contributed by atoms with Gasteiger partial charge in [0.05, 0.1) is 13.1 Å². The Morgan fingerprint density at radius 3 is 2.34 bits per heavy atom. The van der Waals surface area contributed by atoms with Gasteiger partial charge in [0.15, 0.2) is 11.5 Å². The third-order valence-corrected chi connectivity index (χ3v) is 6.30. The van der Waals surface area contributed by atoms with Gasteiger partial charge in [0.25, 0.3) is 5.91 Å². The molecule has 2 N–H and O–H groups in total. The topological polar surface area (TPSA) is 86.4 Å². The molecule has 4 rings (SSSR count). The predicted octanol–water partition coefficient (Wildman–Crippen LogP) is 2.03. The van der Waals surface area contributed by atoms with E-state index >= 15 is 0 Å². The number of ether oxygens (including phenoxy) is 2. The maximum absolute atomic E-state index is 13.4. The van der Waals surface area contributed by atoms with E-state index in [0.29, 0.717) is 43.7 Å². The molecule has 0 radical (unpaired) electrons. The standard InChI is InChI=1S/C26H35N5O4/c1-18(2)27-9-10-28-25(32)15-30(22-12-24-23(11-19(22)3)34-17-35-24)16-26(33)29(4)31-13-20-7-5-6-8-21(20)14-31/h5-8,11-12,18,27H,9-10,13-17H2,1-4H3,(H,28,32). The van der Waals surface area contributed by atoms with Crippen molar-refractivity contribution in [1.82, 2.24) is 20.7 Å². The number of aryl methyl sites for hydroxylation is 1. The van der Waals surface area contributed by atoms with Crippen molar-refractivity contribution in [3.63, 3.8) is 0 Å². The summed E-state index contributed by atoms with van der Waals surface area (Å²) in [7, 11) is 1.79. The van der Waals surface area contributed by atoms with Crippen LogP contribution in [0.5, 0.6) is 11.5 Å². The van der Waals surface area contributed by atoms with Gasteiger partial charge in [-0.1, -0.05) is 38.1 Å². The maximum atomic E-state index is 13.4. The summed E-state index contributed by atoms with van der Waals surface area (Å²) in [6, 6.07) is 12.3. The van der Waals surface area contributed by atoms with E-state index in [-0.39, 0.29) is 31.7 Å². The first-order valence-electron chi connectivity index (χ1n) is 12.0. The number of benzene rings is 2. The minimum absolute atomic E-state index is 0.0570. The summed E-state index contributed by atoms with van der Waals surface area (Å²) in [5, 5.41) is 9.92. The highest BCUT2D eigenvalue weighted by Gasteiger charge is 2.28. The number of anilines is 1. The Hall–Kier alpha value is -3.30. The first-order valence-corrected chi connectivity index (χ1v) is 12.0. The Morgan fingerprint density at radius 2 is 1.69 bits per heavy atom. The molecule has 2 heterocycles. The van der Waals surface area contributed by atoms with Crippen molar-refractivity contribution >= 4 is 17.5 Å². The fraction of sp³-hybridized carbons (Fsp3) is 0.462. The number of rotatable bonds is 10. The van der Waals surface area contributed by atoms with E-state index < -0.39 is 0 Å². The molecule has 0 spiro atoms. The zero-order valence-corrected chi connectivity index (χ0v) is 21.0. The summed E-state index contributed by atoms with van der Waals surface area (Å²) >= 11 is 0. The fourth-order valence-corrected chi connectivity index (χ4v) is 4.34. The Balaban J connectivity index is 1.46. The molecule has 2 amide bonds. The van der Waals surface area contributed by atoms with Crippen molar-refractivity contribution in [2.75, 3.05) is 44.9 Å². The molecule has 188 valence electrons. The number of carbonyl (C=O) groups excluding carboxylic acids is 2. The Kier molecular flexibility index (Phi) is 7.77. The van der Waals surface area contributed by atoms with E-state index in [1.165, 1.54) is 11.1 Å². The molecular weight excluding hydrogens is 446 g/mol. The fourth-order valence-electron chi connectivity index (χ4n) is 4.34. The molecule has 0 atom stereocenters. The second kappa shape index (κ2) is 11.0. The van der Waals surface area contributed by atoms with E-state index in [0.717, 1.165) is 11.3 Å². The third-order valence-electron chi connectivity index (χ3n) is 6.30. The molecule has 0 saturated carbocycles. The van der Waals surface area contributed by atoms with Crippen molar-refractivity contribution in [2.24, 2.45) is 0 Å². The first-order chi connectivity index (χ1) is 16.8. The van der Waals surface area contributed by atoms with Crippen molar-refractivity contribution in [3.05, 3.63) is 53.1 Å². The highest BCUT2D eigenvalue weighted by Crippen LogP contribution is 2.38. The summed E-state index contributed by atoms with van der Waals surface area (Å²) in [5.41, 5.74) is 4.14. The normalized spacial score (nSPS) is 14.2. The molecule has 0 fully saturated rings. The summed E-state index contributed by atoms with van der Waals surface area (Å²) < 4.78 is 11.0. The molecule has 2 aromatic rings. The van der Waals surface area contributed by atoms with Gasteiger partial charge >= 0.3 is 0 Å². The summed E-state index contributed by atoms with van der Waals surface area (Å²) in [6.45, 7) is 8.92. The Labute approximate surface area is 206 Å². The number of hydrogen-bond donors (Lipinski definition) is 2. The van der Waals surface area contributed by atoms with E-state index in [2.05, 4.69) is 36.6 Å². The van der Waals surface area contributed by atoms with Crippen LogP contribution in [0.2, 0.25) is 0 Å². The van der Waals surface area contributed by atoms with Gasteiger partial charge in [-0.3, -0.25) is 14.6 Å². The zero-order chi connectivity index (χ0) is 24.9. The van der Waals surface area contributed by atoms with Gasteiger partial charge in [-0.25, -0.2) is 5.01 Å². The number of hydrazine groups is 1. The Morgan fingerprint density at radius 1 is 1.03 bits per heavy atom. The largest absolute Gasteiger partial charge is 0.454 e. The number of fused-ring (bicyclic) bond motifs is 2. The van der Waals surface area contributed by atoms with Crippen molar-refractivity contribution in [2.45, 2.75) is 39.9 Å². The molecule has 9 nitrogen and oxygen atoms in total. The second-order valence-corrected chi connectivity index (χ2v) is 9.32. The molecule has 2 aliphatic rings. The zero-order valence-electron chi connectivity index (χ0n) is 21.0. The average Bonchev–Trinajstić information content (AvgIpc) is 3.46. The van der Waals surface area contributed by atoms with Crippen LogP contribution in [0.25, 0.3) is 0 Å². The molecule has 35 heavy (non-hydrogen) atoms. The number of likely N-dealkylation sites (N-methyl/N-ethyl adjacent to an activating group) is 1. The van der Waals surface area contributed by atoms with Gasteiger partial charge in [0.1, 0.15) is 0 Å². The van der Waals surface area contributed by atoms with Crippen LogP contribution >= 0.6 is 0 Å². The number of nitrogens with zero attached hydrogens (tertiary/aromatic N) is 3. The number of nitrogens with one attached hydrogen (secondary N) is 2. The van der Waals surface area contributed by atoms with E-state index in [4.69, 9.17) is 9.47 Å². The SMILES string of the molecule is Cc1cc2c(cc1N(CC(=O)NCCNC(C)C)CC(=O)N(C)N1Cc3ccccc3C1)OCO2. The van der Waals surface area contributed by atoms with Crippen molar-refractivity contribution < 1.29 is 19.1 Å². The van der Waals surface area contributed by atoms with Crippen molar-refractivity contribution in [1.29, 1.82) is 0 Å². The molecule has 0 bridgehead atoms. The van der Waals surface area contributed by atoms with Crippen LogP contribution in [0, 0.1) is 6.92 Å². The minimum atomic E-state index is -0.142. The molecule has 9 heteroatoms. The monoisotopic (exact) mass is 481 g/mol. The molecule has 0 aliphatic carbocycles. The summed E-state index contributed by atoms with van der Waals surface area (Å²) in [4.78, 5) is 28.0. The lowest BCUT2D eigenvalue weighted by Crippen LogP contribution is -2.48. The smallest absolute Gasteiger partial charge is 0.256 e. The lowest BCUT2D eigenvalue weighted by atomic mass is 10.1. The quantitative estimate of drug-likeness (QED) is 0.502. The molecule has 2 aromatic carbocycles. The first kappa shape index (κ1) is 24.8. The van der Waals surface area contributed by atoms with Gasteiger partial charge in [-0.15, -0.1) is 0 Å². The molecule has 0 aromatic heterocycles. The molecular formula is C26H35N5O4.